The Morgan fingerprint density at radius 1 is 1.24 bits per heavy atom. The minimum atomic E-state index is -0.717. The molecule has 1 aromatic carbocycles. The largest absolute Gasteiger partial charge is 0.480 e. The zero-order chi connectivity index (χ0) is 15.4. The Kier molecular flexibility index (Phi) is 5.62. The summed E-state index contributed by atoms with van der Waals surface area (Å²) in [6.45, 7) is 7.41. The molecule has 1 N–H and O–H groups in total. The maximum Gasteiger partial charge on any atom is 0.320 e. The second-order valence-corrected chi connectivity index (χ2v) is 5.94. The van der Waals surface area contributed by atoms with Crippen molar-refractivity contribution in [1.29, 1.82) is 0 Å². The Morgan fingerprint density at radius 3 is 2.33 bits per heavy atom. The van der Waals surface area contributed by atoms with Crippen LogP contribution in [-0.4, -0.2) is 53.1 Å². The lowest BCUT2D eigenvalue weighted by Gasteiger charge is -2.40. The smallest absolute Gasteiger partial charge is 0.320 e. The van der Waals surface area contributed by atoms with Crippen LogP contribution in [0.4, 0.5) is 0 Å². The average molecular weight is 311 g/mol. The number of nitrogens with zero attached hydrogens (tertiary/aromatic N) is 2. The molecule has 1 aliphatic rings. The maximum absolute atomic E-state index is 11.2. The van der Waals surface area contributed by atoms with E-state index in [1.807, 2.05) is 25.1 Å². The van der Waals surface area contributed by atoms with Gasteiger partial charge in [-0.25, -0.2) is 0 Å². The van der Waals surface area contributed by atoms with Gasteiger partial charge in [0.1, 0.15) is 6.04 Å². The van der Waals surface area contributed by atoms with Crippen molar-refractivity contribution in [2.75, 3.05) is 26.2 Å². The molecule has 5 heteroatoms. The van der Waals surface area contributed by atoms with E-state index < -0.39 is 5.97 Å². The zero-order valence-corrected chi connectivity index (χ0v) is 13.4. The highest BCUT2D eigenvalue weighted by Crippen LogP contribution is 2.28. The fourth-order valence-electron chi connectivity index (χ4n) is 3.04. The highest BCUT2D eigenvalue weighted by Gasteiger charge is 2.29. The van der Waals surface area contributed by atoms with E-state index in [9.17, 15) is 9.90 Å². The molecule has 0 radical (unpaired) electrons. The van der Waals surface area contributed by atoms with Gasteiger partial charge in [0.2, 0.25) is 0 Å². The molecule has 0 spiro atoms. The van der Waals surface area contributed by atoms with Crippen molar-refractivity contribution in [2.24, 2.45) is 0 Å². The lowest BCUT2D eigenvalue weighted by atomic mass is 10.1. The van der Waals surface area contributed by atoms with E-state index in [4.69, 9.17) is 11.6 Å². The monoisotopic (exact) mass is 310 g/mol. The van der Waals surface area contributed by atoms with E-state index in [0.717, 1.165) is 36.8 Å². The van der Waals surface area contributed by atoms with Gasteiger partial charge in [-0.2, -0.15) is 0 Å². The van der Waals surface area contributed by atoms with Crippen LogP contribution in [0.15, 0.2) is 24.3 Å². The molecular weight excluding hydrogens is 288 g/mol. The van der Waals surface area contributed by atoms with Crippen molar-refractivity contribution < 1.29 is 9.90 Å². The van der Waals surface area contributed by atoms with Gasteiger partial charge >= 0.3 is 5.97 Å². The van der Waals surface area contributed by atoms with Crippen molar-refractivity contribution in [3.63, 3.8) is 0 Å². The van der Waals surface area contributed by atoms with Crippen LogP contribution < -0.4 is 0 Å². The molecule has 2 rings (SSSR count). The Balaban J connectivity index is 1.98. The molecule has 1 fully saturated rings. The van der Waals surface area contributed by atoms with E-state index in [-0.39, 0.29) is 12.1 Å². The standard InChI is InChI=1S/C16H23ClN2O2/c1-3-15(16(20)21)19-10-8-18(9-11-19)12(2)13-6-4-5-7-14(13)17/h4-7,12,15H,3,8-11H2,1-2H3,(H,20,21). The van der Waals surface area contributed by atoms with Gasteiger partial charge in [-0.3, -0.25) is 14.6 Å². The molecule has 0 amide bonds. The summed E-state index contributed by atoms with van der Waals surface area (Å²) >= 11 is 6.27. The number of carboxylic acids is 1. The number of aliphatic carboxylic acids is 1. The minimum absolute atomic E-state index is 0.255. The molecule has 116 valence electrons. The lowest BCUT2D eigenvalue weighted by Crippen LogP contribution is -2.52. The van der Waals surface area contributed by atoms with Gasteiger partial charge in [0.05, 0.1) is 0 Å². The van der Waals surface area contributed by atoms with Gasteiger partial charge in [-0.05, 0) is 25.0 Å². The molecule has 1 aliphatic heterocycles. The van der Waals surface area contributed by atoms with E-state index in [2.05, 4.69) is 22.8 Å². The number of halogens is 1. The number of carbonyl (C=O) groups is 1. The van der Waals surface area contributed by atoms with Crippen LogP contribution in [0.3, 0.4) is 0 Å². The summed E-state index contributed by atoms with van der Waals surface area (Å²) in [6, 6.07) is 7.82. The summed E-state index contributed by atoms with van der Waals surface area (Å²) < 4.78 is 0. The second-order valence-electron chi connectivity index (χ2n) is 5.53. The maximum atomic E-state index is 11.2. The lowest BCUT2D eigenvalue weighted by molar-refractivity contribution is -0.144. The molecule has 1 saturated heterocycles. The molecule has 1 heterocycles. The van der Waals surface area contributed by atoms with Crippen LogP contribution in [0.25, 0.3) is 0 Å². The SMILES string of the molecule is CCC(C(=O)O)N1CCN(C(C)c2ccccc2Cl)CC1. The first kappa shape index (κ1) is 16.3. The third kappa shape index (κ3) is 3.76. The normalized spacial score (nSPS) is 20.1. The summed E-state index contributed by atoms with van der Waals surface area (Å²) in [6.07, 6.45) is 0.648. The third-order valence-electron chi connectivity index (χ3n) is 4.36. The number of carboxylic acid groups (broad SMARTS) is 1. The molecule has 21 heavy (non-hydrogen) atoms. The van der Waals surface area contributed by atoms with Crippen molar-refractivity contribution >= 4 is 17.6 Å². The van der Waals surface area contributed by atoms with Gasteiger partial charge in [0.15, 0.2) is 0 Å². The average Bonchev–Trinajstić information content (AvgIpc) is 2.48. The number of hydrogen-bond donors (Lipinski definition) is 1. The van der Waals surface area contributed by atoms with Gasteiger partial charge in [-0.15, -0.1) is 0 Å². The highest BCUT2D eigenvalue weighted by molar-refractivity contribution is 6.31. The minimum Gasteiger partial charge on any atom is -0.480 e. The molecule has 2 unspecified atom stereocenters. The summed E-state index contributed by atoms with van der Waals surface area (Å²) in [5, 5.41) is 10.0. The quantitative estimate of drug-likeness (QED) is 0.908. The van der Waals surface area contributed by atoms with E-state index in [1.54, 1.807) is 0 Å². The third-order valence-corrected chi connectivity index (χ3v) is 4.71. The number of rotatable bonds is 5. The predicted molar refractivity (Wildman–Crippen MR) is 84.7 cm³/mol. The van der Waals surface area contributed by atoms with Crippen molar-refractivity contribution in [1.82, 2.24) is 9.80 Å². The summed E-state index contributed by atoms with van der Waals surface area (Å²) in [5.41, 5.74) is 1.14. The molecule has 2 atom stereocenters. The number of hydrogen-bond acceptors (Lipinski definition) is 3. The molecule has 0 aromatic heterocycles. The fraction of sp³-hybridized carbons (Fsp3) is 0.562. The first-order valence-corrected chi connectivity index (χ1v) is 7.87. The van der Waals surface area contributed by atoms with E-state index in [0.29, 0.717) is 6.42 Å². The number of benzene rings is 1. The first-order valence-electron chi connectivity index (χ1n) is 7.50. The Hall–Kier alpha value is -1.10. The molecule has 0 aliphatic carbocycles. The zero-order valence-electron chi connectivity index (χ0n) is 12.6. The molecule has 1 aromatic rings. The molecular formula is C16H23ClN2O2. The summed E-state index contributed by atoms with van der Waals surface area (Å²) in [7, 11) is 0. The highest BCUT2D eigenvalue weighted by atomic mass is 35.5. The summed E-state index contributed by atoms with van der Waals surface area (Å²) in [5.74, 6) is -0.717. The van der Waals surface area contributed by atoms with Gasteiger partial charge in [0.25, 0.3) is 0 Å². The van der Waals surface area contributed by atoms with Crippen LogP contribution in [0, 0.1) is 0 Å². The first-order chi connectivity index (χ1) is 10.0. The van der Waals surface area contributed by atoms with Crippen LogP contribution in [0.5, 0.6) is 0 Å². The Bertz CT molecular complexity index is 487. The molecule has 0 bridgehead atoms. The van der Waals surface area contributed by atoms with E-state index >= 15 is 0 Å². The number of piperazine rings is 1. The van der Waals surface area contributed by atoms with Crippen molar-refractivity contribution in [3.8, 4) is 0 Å². The van der Waals surface area contributed by atoms with Crippen LogP contribution in [-0.2, 0) is 4.79 Å². The molecule has 0 saturated carbocycles. The van der Waals surface area contributed by atoms with Crippen LogP contribution in [0.1, 0.15) is 31.9 Å². The molecule has 4 nitrogen and oxygen atoms in total. The van der Waals surface area contributed by atoms with Crippen molar-refractivity contribution in [3.05, 3.63) is 34.9 Å². The topological polar surface area (TPSA) is 43.8 Å². The van der Waals surface area contributed by atoms with Crippen molar-refractivity contribution in [2.45, 2.75) is 32.4 Å². The van der Waals surface area contributed by atoms with Gasteiger partial charge < -0.3 is 5.11 Å². The van der Waals surface area contributed by atoms with Crippen LogP contribution in [0.2, 0.25) is 5.02 Å². The van der Waals surface area contributed by atoms with Crippen LogP contribution >= 0.6 is 11.6 Å². The summed E-state index contributed by atoms with van der Waals surface area (Å²) in [4.78, 5) is 15.7. The van der Waals surface area contributed by atoms with Gasteiger partial charge in [0, 0.05) is 37.2 Å². The fourth-order valence-corrected chi connectivity index (χ4v) is 3.33. The predicted octanol–water partition coefficient (Wildman–Crippen LogP) is 2.88. The Labute approximate surface area is 131 Å². The Morgan fingerprint density at radius 2 is 1.81 bits per heavy atom. The second kappa shape index (κ2) is 7.25. The van der Waals surface area contributed by atoms with E-state index in [1.165, 1.54) is 0 Å². The van der Waals surface area contributed by atoms with Gasteiger partial charge in [-0.1, -0.05) is 36.7 Å².